The number of rotatable bonds is 8. The average Bonchev–Trinajstić information content (AvgIpc) is 3.78. The second-order valence-corrected chi connectivity index (χ2v) is 13.8. The van der Waals surface area contributed by atoms with Gasteiger partial charge in [-0.1, -0.05) is 39.8 Å². The van der Waals surface area contributed by atoms with E-state index < -0.39 is 0 Å². The number of hydrogen-bond acceptors (Lipinski definition) is 6. The Kier molecular flexibility index (Phi) is 8.20. The zero-order valence-electron chi connectivity index (χ0n) is 27.1. The van der Waals surface area contributed by atoms with Crippen molar-refractivity contribution in [2.45, 2.75) is 86.2 Å². The molecule has 7 nitrogen and oxygen atoms in total. The summed E-state index contributed by atoms with van der Waals surface area (Å²) in [6.07, 6.45) is 10.1. The first-order valence-electron chi connectivity index (χ1n) is 16.1. The van der Waals surface area contributed by atoms with Gasteiger partial charge in [0.15, 0.2) is 5.65 Å². The molecule has 3 heterocycles. The van der Waals surface area contributed by atoms with E-state index in [2.05, 4.69) is 96.8 Å². The largest absolute Gasteiger partial charge is 0.491 e. The Morgan fingerprint density at radius 1 is 1.23 bits per heavy atom. The van der Waals surface area contributed by atoms with E-state index in [1.807, 2.05) is 13.1 Å². The van der Waals surface area contributed by atoms with Gasteiger partial charge >= 0.3 is 0 Å². The van der Waals surface area contributed by atoms with Crippen LogP contribution in [0.3, 0.4) is 0 Å². The number of hydrogen-bond donors (Lipinski definition) is 1. The van der Waals surface area contributed by atoms with Gasteiger partial charge in [-0.25, -0.2) is 9.97 Å². The van der Waals surface area contributed by atoms with Gasteiger partial charge in [-0.2, -0.15) is 0 Å². The zero-order valence-corrected chi connectivity index (χ0v) is 27.1. The predicted molar refractivity (Wildman–Crippen MR) is 176 cm³/mol. The first-order chi connectivity index (χ1) is 20.6. The van der Waals surface area contributed by atoms with E-state index in [0.717, 1.165) is 78.8 Å². The van der Waals surface area contributed by atoms with Crippen LogP contribution in [0.25, 0.3) is 22.3 Å². The van der Waals surface area contributed by atoms with Crippen molar-refractivity contribution in [2.24, 2.45) is 16.3 Å². The number of aryl methyl sites for hydroxylation is 1. The van der Waals surface area contributed by atoms with Crippen molar-refractivity contribution in [2.75, 3.05) is 26.7 Å². The van der Waals surface area contributed by atoms with Gasteiger partial charge in [-0.3, -0.25) is 9.89 Å². The van der Waals surface area contributed by atoms with Crippen LogP contribution in [0.1, 0.15) is 78.1 Å². The van der Waals surface area contributed by atoms with Crippen molar-refractivity contribution in [3.63, 3.8) is 0 Å². The number of aromatic nitrogens is 3. The van der Waals surface area contributed by atoms with Crippen molar-refractivity contribution in [3.8, 4) is 16.9 Å². The normalized spacial score (nSPS) is 20.9. The lowest BCUT2D eigenvalue weighted by Gasteiger charge is -2.37. The maximum atomic E-state index is 6.35. The second-order valence-electron chi connectivity index (χ2n) is 13.8. The molecule has 1 aliphatic heterocycles. The Morgan fingerprint density at radius 3 is 2.81 bits per heavy atom. The molecule has 0 spiro atoms. The molecular formula is C36H48N6O. The number of aliphatic imine (C=N–C) groups is 1. The van der Waals surface area contributed by atoms with Crippen molar-refractivity contribution in [3.05, 3.63) is 64.9 Å². The fourth-order valence-electron chi connectivity index (χ4n) is 6.67. The van der Waals surface area contributed by atoms with E-state index in [4.69, 9.17) is 9.73 Å². The number of aromatic amines is 1. The number of imidazole rings is 1. The Labute approximate surface area is 257 Å². The van der Waals surface area contributed by atoms with Gasteiger partial charge in [0.25, 0.3) is 0 Å². The molecule has 1 atom stereocenters. The molecule has 2 aromatic heterocycles. The summed E-state index contributed by atoms with van der Waals surface area (Å²) in [5, 5.41) is 0. The van der Waals surface area contributed by atoms with E-state index in [-0.39, 0.29) is 5.41 Å². The van der Waals surface area contributed by atoms with Crippen LogP contribution in [0.4, 0.5) is 0 Å². The molecule has 43 heavy (non-hydrogen) atoms. The third kappa shape index (κ3) is 6.57. The smallest absolute Gasteiger partial charge is 0.177 e. The summed E-state index contributed by atoms with van der Waals surface area (Å²) in [7, 11) is 2.24. The highest BCUT2D eigenvalue weighted by atomic mass is 16.5. The number of allylic oxidation sites excluding steroid dienone is 3. The van der Waals surface area contributed by atoms with Crippen LogP contribution in [-0.4, -0.2) is 63.2 Å². The molecule has 3 aromatic rings. The highest BCUT2D eigenvalue weighted by Crippen LogP contribution is 2.43. The van der Waals surface area contributed by atoms with Crippen molar-refractivity contribution in [1.82, 2.24) is 24.8 Å². The van der Waals surface area contributed by atoms with Crippen LogP contribution < -0.4 is 4.74 Å². The molecule has 1 fully saturated rings. The third-order valence-electron chi connectivity index (χ3n) is 9.33. The number of nitrogens with zero attached hydrogens (tertiary/aromatic N) is 5. The highest BCUT2D eigenvalue weighted by Gasteiger charge is 2.32. The summed E-state index contributed by atoms with van der Waals surface area (Å²) in [5.74, 6) is 2.27. The molecule has 0 radical (unpaired) electrons. The summed E-state index contributed by atoms with van der Waals surface area (Å²) in [6.45, 7) is 16.9. The van der Waals surface area contributed by atoms with Crippen LogP contribution in [0.15, 0.2) is 58.5 Å². The molecule has 3 aliphatic rings. The van der Waals surface area contributed by atoms with E-state index in [1.165, 1.54) is 41.1 Å². The van der Waals surface area contributed by atoms with Gasteiger partial charge in [0, 0.05) is 47.9 Å². The molecule has 2 aliphatic carbocycles. The molecule has 1 saturated carbocycles. The quantitative estimate of drug-likeness (QED) is 0.277. The lowest BCUT2D eigenvalue weighted by molar-refractivity contribution is 0.241. The fraction of sp³-hybridized carbons (Fsp3) is 0.528. The Bertz CT molecular complexity index is 1590. The SMILES string of the molecule is CCC(C)/C(=C1/CC(C)(C)CC=C1N=C(C)CN(C)C1CC1)N1CCOc2ccc(-c3cnc4nc(C)[nH]c4c3)cc2C1. The van der Waals surface area contributed by atoms with Crippen molar-refractivity contribution >= 4 is 16.9 Å². The van der Waals surface area contributed by atoms with Gasteiger partial charge in [-0.05, 0) is 93.7 Å². The summed E-state index contributed by atoms with van der Waals surface area (Å²) < 4.78 is 6.35. The van der Waals surface area contributed by atoms with Gasteiger partial charge in [0.05, 0.1) is 17.8 Å². The van der Waals surface area contributed by atoms with Crippen molar-refractivity contribution in [1.29, 1.82) is 0 Å². The monoisotopic (exact) mass is 580 g/mol. The Balaban J connectivity index is 1.36. The van der Waals surface area contributed by atoms with E-state index in [9.17, 15) is 0 Å². The van der Waals surface area contributed by atoms with Crippen LogP contribution in [0, 0.1) is 18.3 Å². The minimum Gasteiger partial charge on any atom is -0.491 e. The molecular weight excluding hydrogens is 532 g/mol. The van der Waals surface area contributed by atoms with Crippen LogP contribution in [-0.2, 0) is 6.54 Å². The summed E-state index contributed by atoms with van der Waals surface area (Å²) in [4.78, 5) is 22.8. The minimum atomic E-state index is 0.204. The number of pyridine rings is 1. The third-order valence-corrected chi connectivity index (χ3v) is 9.33. The van der Waals surface area contributed by atoms with Gasteiger partial charge in [0.2, 0.25) is 0 Å². The number of H-pyrrole nitrogens is 1. The Hall–Kier alpha value is -3.45. The molecule has 0 saturated heterocycles. The molecule has 228 valence electrons. The maximum Gasteiger partial charge on any atom is 0.177 e. The highest BCUT2D eigenvalue weighted by molar-refractivity contribution is 5.85. The summed E-state index contributed by atoms with van der Waals surface area (Å²) >= 11 is 0. The van der Waals surface area contributed by atoms with Gasteiger partial charge < -0.3 is 14.6 Å². The Morgan fingerprint density at radius 2 is 2.05 bits per heavy atom. The van der Waals surface area contributed by atoms with Gasteiger partial charge in [-0.15, -0.1) is 0 Å². The number of fused-ring (bicyclic) bond motifs is 2. The number of benzene rings is 1. The minimum absolute atomic E-state index is 0.204. The fourth-order valence-corrected chi connectivity index (χ4v) is 6.67. The second kappa shape index (κ2) is 11.9. The molecule has 1 unspecified atom stereocenters. The van der Waals surface area contributed by atoms with Gasteiger partial charge in [0.1, 0.15) is 18.2 Å². The molecule has 0 amide bonds. The lowest BCUT2D eigenvalue weighted by atomic mass is 9.75. The number of ether oxygens (including phenoxy) is 1. The molecule has 7 heteroatoms. The number of nitrogens with one attached hydrogen (secondary N) is 1. The summed E-state index contributed by atoms with van der Waals surface area (Å²) in [5.41, 5.74) is 10.6. The topological polar surface area (TPSA) is 69.6 Å². The van der Waals surface area contributed by atoms with Crippen LogP contribution >= 0.6 is 0 Å². The lowest BCUT2D eigenvalue weighted by Crippen LogP contribution is -2.32. The molecule has 0 bridgehead atoms. The first-order valence-corrected chi connectivity index (χ1v) is 16.1. The molecule has 1 N–H and O–H groups in total. The molecule has 1 aromatic carbocycles. The van der Waals surface area contributed by atoms with E-state index in [1.54, 1.807) is 0 Å². The average molecular weight is 581 g/mol. The standard InChI is InChI=1S/C36H48N6O/c1-8-23(2)34(30-19-36(5,6)14-13-31(30)38-24(3)21-41(7)29-10-11-29)42-15-16-43-33-12-9-26(17-28(33)22-42)27-18-32-35(37-20-27)40-25(4)39-32/h9,12-13,17-18,20,23,29H,8,10-11,14-16,19,21-22H2,1-7H3,(H,37,39,40)/b34-30+,38-24?. The van der Waals surface area contributed by atoms with E-state index >= 15 is 0 Å². The van der Waals surface area contributed by atoms with E-state index in [0.29, 0.717) is 12.5 Å². The summed E-state index contributed by atoms with van der Waals surface area (Å²) in [6, 6.07) is 9.45. The predicted octanol–water partition coefficient (Wildman–Crippen LogP) is 7.69. The first kappa shape index (κ1) is 29.6. The van der Waals surface area contributed by atoms with Crippen LogP contribution in [0.2, 0.25) is 0 Å². The van der Waals surface area contributed by atoms with Crippen LogP contribution in [0.5, 0.6) is 5.75 Å². The maximum absolute atomic E-state index is 6.35. The van der Waals surface area contributed by atoms with Crippen molar-refractivity contribution < 1.29 is 4.74 Å². The zero-order chi connectivity index (χ0) is 30.3. The molecule has 6 rings (SSSR count).